The van der Waals surface area contributed by atoms with Gasteiger partial charge in [-0.25, -0.2) is 4.98 Å². The number of aromatic hydroxyl groups is 1. The van der Waals surface area contributed by atoms with Gasteiger partial charge in [0, 0.05) is 56.4 Å². The molecule has 0 aliphatic rings. The van der Waals surface area contributed by atoms with Crippen LogP contribution in [-0.4, -0.2) is 19.6 Å². The van der Waals surface area contributed by atoms with Gasteiger partial charge < -0.3 is 5.11 Å². The summed E-state index contributed by atoms with van der Waals surface area (Å²) in [6.07, 6.45) is 1.81. The fraction of sp³-hybridized carbons (Fsp3) is 0.250. The van der Waals surface area contributed by atoms with Crippen molar-refractivity contribution in [3.8, 4) is 67.5 Å². The van der Waals surface area contributed by atoms with Crippen molar-refractivity contribution in [1.82, 2.24) is 14.5 Å². The average Bonchev–Trinajstić information content (AvgIpc) is 3.65. The van der Waals surface area contributed by atoms with Gasteiger partial charge in [-0.15, -0.1) is 29.3 Å². The number of para-hydroxylation sites is 1. The summed E-state index contributed by atoms with van der Waals surface area (Å²) in [4.78, 5) is 10.3. The Morgan fingerprint density at radius 1 is 0.590 bits per heavy atom. The van der Waals surface area contributed by atoms with Crippen molar-refractivity contribution >= 4 is 11.0 Å². The van der Waals surface area contributed by atoms with E-state index in [-0.39, 0.29) is 37.8 Å². The fourth-order valence-electron chi connectivity index (χ4n) is 7.86. The molecule has 61 heavy (non-hydrogen) atoms. The van der Waals surface area contributed by atoms with Crippen LogP contribution in [0.5, 0.6) is 5.75 Å². The van der Waals surface area contributed by atoms with Gasteiger partial charge in [-0.1, -0.05) is 164 Å². The van der Waals surface area contributed by atoms with Gasteiger partial charge in [-0.3, -0.25) is 9.55 Å². The first kappa shape index (κ1) is 33.1. The molecule has 6 aromatic carbocycles. The molecule has 0 saturated heterocycles. The number of benzene rings is 6. The van der Waals surface area contributed by atoms with Crippen LogP contribution in [-0.2, 0) is 37.3 Å². The van der Waals surface area contributed by atoms with E-state index in [0.29, 0.717) is 44.8 Å². The van der Waals surface area contributed by atoms with Crippen molar-refractivity contribution in [1.29, 1.82) is 0 Å². The zero-order chi connectivity index (χ0) is 50.2. The maximum atomic E-state index is 12.3. The molecular formula is C56H56N3OPt-. The van der Waals surface area contributed by atoms with Gasteiger partial charge in [0.2, 0.25) is 0 Å². The summed E-state index contributed by atoms with van der Waals surface area (Å²) in [5.74, 6) is 0.376. The SMILES string of the molecule is [2H]C([2H])([2H])C(c1ccc(-n2c(-c3cc(C)cc(C(C)(C)C)c3O)nc3c(-c4[c-]c(-c5cc(-c6ccc(C)cc6)ccn5)cc(C(C)(C)C)c4)cccc32)c(-c2ccccc2)c1)(C([2H])([2H])[2H])C([2H])([2H])[2H].[Pt]. The molecule has 0 aliphatic heterocycles. The van der Waals surface area contributed by atoms with Gasteiger partial charge in [0.1, 0.15) is 11.6 Å². The minimum atomic E-state index is -3.48. The molecule has 2 heterocycles. The summed E-state index contributed by atoms with van der Waals surface area (Å²) < 4.78 is 79.0. The molecule has 0 saturated carbocycles. The van der Waals surface area contributed by atoms with Crippen LogP contribution in [0.15, 0.2) is 134 Å². The predicted octanol–water partition coefficient (Wildman–Crippen LogP) is 14.8. The van der Waals surface area contributed by atoms with E-state index in [0.717, 1.165) is 44.6 Å². The van der Waals surface area contributed by atoms with E-state index in [1.54, 1.807) is 30.3 Å². The molecule has 5 heteroatoms. The number of fused-ring (bicyclic) bond motifs is 1. The quantitative estimate of drug-likeness (QED) is 0.169. The van der Waals surface area contributed by atoms with Gasteiger partial charge in [0.15, 0.2) is 0 Å². The monoisotopic (exact) mass is 990 g/mol. The summed E-state index contributed by atoms with van der Waals surface area (Å²) in [7, 11) is 0. The van der Waals surface area contributed by atoms with Crippen molar-refractivity contribution in [3.05, 3.63) is 167 Å². The molecule has 0 spiro atoms. The number of hydrogen-bond acceptors (Lipinski definition) is 3. The first-order chi connectivity index (χ1) is 32.1. The Morgan fingerprint density at radius 2 is 1.31 bits per heavy atom. The Balaban J connectivity index is 0.00000722. The van der Waals surface area contributed by atoms with E-state index in [4.69, 9.17) is 22.3 Å². The molecule has 0 aliphatic carbocycles. The van der Waals surface area contributed by atoms with Crippen molar-refractivity contribution in [2.45, 2.75) is 92.2 Å². The molecule has 1 N–H and O–H groups in total. The Hall–Kier alpha value is -5.57. The molecule has 312 valence electrons. The zero-order valence-electron chi connectivity index (χ0n) is 44.8. The Kier molecular flexibility index (Phi) is 8.88. The molecule has 0 unspecified atom stereocenters. The number of aryl methyl sites for hydroxylation is 2. The Labute approximate surface area is 389 Å². The molecular weight excluding hydrogens is 926 g/mol. The van der Waals surface area contributed by atoms with E-state index in [1.807, 2.05) is 80.9 Å². The third-order valence-corrected chi connectivity index (χ3v) is 11.2. The van der Waals surface area contributed by atoms with Crippen LogP contribution < -0.4 is 0 Å². The van der Waals surface area contributed by atoms with Crippen molar-refractivity contribution in [3.63, 3.8) is 0 Å². The third kappa shape index (κ3) is 8.66. The van der Waals surface area contributed by atoms with Crippen molar-refractivity contribution in [2.24, 2.45) is 0 Å². The number of hydrogen-bond donors (Lipinski definition) is 1. The van der Waals surface area contributed by atoms with Crippen LogP contribution in [0.3, 0.4) is 0 Å². The second-order valence-corrected chi connectivity index (χ2v) is 18.0. The minimum Gasteiger partial charge on any atom is -0.507 e. The number of phenolic OH excluding ortho intramolecular Hbond substituents is 1. The van der Waals surface area contributed by atoms with Crippen molar-refractivity contribution < 1.29 is 38.5 Å². The first-order valence-electron chi connectivity index (χ1n) is 24.8. The van der Waals surface area contributed by atoms with Crippen LogP contribution in [0.1, 0.15) is 102 Å². The summed E-state index contributed by atoms with van der Waals surface area (Å²) in [6, 6.07) is 43.3. The number of imidazole rings is 1. The number of nitrogens with zero attached hydrogens (tertiary/aromatic N) is 3. The van der Waals surface area contributed by atoms with Gasteiger partial charge in [-0.2, -0.15) is 0 Å². The summed E-state index contributed by atoms with van der Waals surface area (Å²) in [6.45, 7) is 6.10. The average molecular weight is 991 g/mol. The summed E-state index contributed by atoms with van der Waals surface area (Å²) >= 11 is 0. The second-order valence-electron chi connectivity index (χ2n) is 18.0. The predicted molar refractivity (Wildman–Crippen MR) is 252 cm³/mol. The molecule has 0 fully saturated rings. The zero-order valence-corrected chi connectivity index (χ0v) is 38.1. The number of rotatable bonds is 6. The maximum absolute atomic E-state index is 12.3. The number of phenols is 1. The van der Waals surface area contributed by atoms with E-state index >= 15 is 0 Å². The first-order valence-corrected chi connectivity index (χ1v) is 20.3. The maximum Gasteiger partial charge on any atom is 0.148 e. The van der Waals surface area contributed by atoms with E-state index < -0.39 is 31.4 Å². The van der Waals surface area contributed by atoms with Crippen LogP contribution in [0.2, 0.25) is 0 Å². The van der Waals surface area contributed by atoms with Crippen molar-refractivity contribution in [2.75, 3.05) is 0 Å². The smallest absolute Gasteiger partial charge is 0.148 e. The Morgan fingerprint density at radius 3 is 2.00 bits per heavy atom. The molecule has 8 aromatic rings. The molecule has 0 radical (unpaired) electrons. The molecule has 0 atom stereocenters. The van der Waals surface area contributed by atoms with Crippen LogP contribution in [0.25, 0.3) is 72.7 Å². The Bertz CT molecular complexity index is 3200. The van der Waals surface area contributed by atoms with Crippen LogP contribution >= 0.6 is 0 Å². The van der Waals surface area contributed by atoms with Gasteiger partial charge >= 0.3 is 0 Å². The van der Waals surface area contributed by atoms with Crippen LogP contribution in [0.4, 0.5) is 0 Å². The van der Waals surface area contributed by atoms with E-state index in [2.05, 4.69) is 76.2 Å². The van der Waals surface area contributed by atoms with E-state index in [9.17, 15) is 5.11 Å². The second kappa shape index (κ2) is 16.4. The van der Waals surface area contributed by atoms with Gasteiger partial charge in [0.25, 0.3) is 0 Å². The standard InChI is InChI=1S/C56H56N3O.Pt/c1-35-20-22-37(23-21-35)39-26-27-57-48(33-39)41-30-40(31-43(32-41)55(6,7)8)44-18-15-19-50-51(44)58-53(46-28-36(2)29-47(52(46)60)56(9,10)11)59(50)49-25-24-42(54(3,4)5)34-45(49)38-16-13-12-14-17-38;/h12-29,31-34,60H,1-11H3;/q-1;/i3D3,4D3,5D3;. The third-order valence-electron chi connectivity index (χ3n) is 11.2. The van der Waals surface area contributed by atoms with Gasteiger partial charge in [0.05, 0.1) is 22.3 Å². The molecule has 2 aromatic heterocycles. The number of aromatic nitrogens is 3. The molecule has 0 amide bonds. The van der Waals surface area contributed by atoms with Gasteiger partial charge in [-0.05, 0) is 88.2 Å². The molecule has 0 bridgehead atoms. The largest absolute Gasteiger partial charge is 0.507 e. The topological polar surface area (TPSA) is 50.9 Å². The summed E-state index contributed by atoms with van der Waals surface area (Å²) in [5, 5.41) is 12.3. The van der Waals surface area contributed by atoms with E-state index in [1.165, 1.54) is 17.7 Å². The number of pyridine rings is 1. The minimum absolute atomic E-state index is 0. The summed E-state index contributed by atoms with van der Waals surface area (Å²) in [5.41, 5.74) is 7.44. The fourth-order valence-corrected chi connectivity index (χ4v) is 7.86. The van der Waals surface area contributed by atoms with Crippen LogP contribution in [0, 0.1) is 19.9 Å². The normalized spacial score (nSPS) is 14.9. The molecule has 8 rings (SSSR count). The molecule has 4 nitrogen and oxygen atoms in total.